The number of hydrogen-bond donors (Lipinski definition) is 0. The largest absolute Gasteiger partial charge is 0.343 e. The fraction of sp³-hybridized carbons (Fsp3) is 0.600. The monoisotopic (exact) mass is 667 g/mol. The Bertz CT molecular complexity index is 180. The first-order valence-electron chi connectivity index (χ1n) is 6.06. The first-order chi connectivity index (χ1) is 7.41. The van der Waals surface area contributed by atoms with E-state index < -0.39 is 0 Å². The summed E-state index contributed by atoms with van der Waals surface area (Å²) in [6.07, 6.45) is 7.15. The summed E-state index contributed by atoms with van der Waals surface area (Å²) >= 11 is 0. The average Bonchev–Trinajstić information content (AvgIpc) is 2.20. The summed E-state index contributed by atoms with van der Waals surface area (Å²) in [5.74, 6) is 0. The van der Waals surface area contributed by atoms with Crippen molar-refractivity contribution >= 4 is 0 Å². The van der Waals surface area contributed by atoms with E-state index in [1.165, 1.54) is 12.8 Å². The minimum atomic E-state index is 0. The molecule has 0 unspecified atom stereocenters. The maximum absolute atomic E-state index is 3.78. The number of aromatic nitrogens is 1. The molecule has 0 fully saturated rings. The molecular weight excluding hydrogens is 639 g/mol. The van der Waals surface area contributed by atoms with Gasteiger partial charge in [-0.15, -0.1) is 0 Å². The minimum Gasteiger partial charge on any atom is -0.343 e. The van der Waals surface area contributed by atoms with Gasteiger partial charge in [-0.1, -0.05) is 53.5 Å². The van der Waals surface area contributed by atoms with Crippen LogP contribution in [-0.4, -0.2) is 4.98 Å². The van der Waals surface area contributed by atoms with Crippen LogP contribution in [0.4, 0.5) is 0 Å². The van der Waals surface area contributed by atoms with Gasteiger partial charge in [-0.3, -0.25) is 4.98 Å². The molecule has 21 heavy (non-hydrogen) atoms. The Kier molecular flexibility index (Phi) is 76.2. The van der Waals surface area contributed by atoms with Crippen LogP contribution in [0.15, 0.2) is 30.6 Å². The molecule has 1 heterocycles. The number of nitrogens with zero attached hydrogens (tertiary/aromatic N) is 1. The maximum atomic E-state index is 3.78. The number of pyridine rings is 1. The van der Waals surface area contributed by atoms with Gasteiger partial charge in [0.25, 0.3) is 0 Å². The van der Waals surface area contributed by atoms with Crippen molar-refractivity contribution in [1.29, 1.82) is 0 Å². The molecule has 0 N–H and O–H groups in total. The third-order valence-corrected chi connectivity index (χ3v) is 1.17. The predicted octanol–water partition coefficient (Wildman–Crippen LogP) is 5.13. The van der Waals surface area contributed by atoms with Crippen molar-refractivity contribution < 1.29 is 164 Å². The third kappa shape index (κ3) is 79.0. The maximum Gasteiger partial charge on any atom is 0.0267 e. The van der Waals surface area contributed by atoms with Crippen molar-refractivity contribution in [2.24, 2.45) is 5.41 Å². The Balaban J connectivity index is -0.0000000252. The first-order valence-corrected chi connectivity index (χ1v) is 6.06. The van der Waals surface area contributed by atoms with E-state index in [4.69, 9.17) is 0 Å². The molecule has 5 radical (unpaired) electrons. The third-order valence-electron chi connectivity index (χ3n) is 1.17. The van der Waals surface area contributed by atoms with E-state index in [0.717, 1.165) is 6.42 Å². The van der Waals surface area contributed by atoms with E-state index in [9.17, 15) is 0 Å². The van der Waals surface area contributed by atoms with Crippen molar-refractivity contribution in [1.82, 2.24) is 4.98 Å². The van der Waals surface area contributed by atoms with E-state index in [0.29, 0.717) is 5.41 Å². The minimum absolute atomic E-state index is 0. The van der Waals surface area contributed by atoms with Crippen LogP contribution in [-0.2, 0) is 164 Å². The zero-order valence-corrected chi connectivity index (χ0v) is 28.7. The van der Waals surface area contributed by atoms with Gasteiger partial charge in [0.15, 0.2) is 0 Å². The molecule has 0 saturated carbocycles. The summed E-state index contributed by atoms with van der Waals surface area (Å²) < 4.78 is 0. The fourth-order valence-corrected chi connectivity index (χ4v) is 0.563. The Labute approximate surface area is 259 Å². The zero-order chi connectivity index (χ0) is 12.9. The summed E-state index contributed by atoms with van der Waals surface area (Å²) in [7, 11) is 0. The van der Waals surface area contributed by atoms with Crippen molar-refractivity contribution in [3.05, 3.63) is 37.5 Å². The van der Waals surface area contributed by atoms with Gasteiger partial charge < -0.3 is 6.92 Å². The van der Waals surface area contributed by atoms with Gasteiger partial charge in [0.2, 0.25) is 0 Å². The smallest absolute Gasteiger partial charge is 0.0267 e. The molecule has 0 saturated heterocycles. The Morgan fingerprint density at radius 3 is 1.19 bits per heavy atom. The van der Waals surface area contributed by atoms with Crippen LogP contribution < -0.4 is 0 Å². The molecule has 0 aliphatic rings. The molecule has 0 bridgehead atoms. The van der Waals surface area contributed by atoms with Gasteiger partial charge >= 0.3 is 0 Å². The van der Waals surface area contributed by atoms with Crippen molar-refractivity contribution in [2.45, 2.75) is 53.9 Å². The molecule has 0 aliphatic carbocycles. The second-order valence-electron chi connectivity index (χ2n) is 5.23. The van der Waals surface area contributed by atoms with E-state index in [1.807, 2.05) is 18.2 Å². The Morgan fingerprint density at radius 2 is 1.14 bits per heavy atom. The van der Waals surface area contributed by atoms with Crippen molar-refractivity contribution in [2.75, 3.05) is 0 Å². The quantitative estimate of drug-likeness (QED) is 0.399. The van der Waals surface area contributed by atoms with Crippen molar-refractivity contribution in [3.8, 4) is 0 Å². The second kappa shape index (κ2) is 35.7. The summed E-state index contributed by atoms with van der Waals surface area (Å²) in [6.45, 7) is 14.6. The van der Waals surface area contributed by atoms with E-state index in [-0.39, 0.29) is 164 Å². The van der Waals surface area contributed by atoms with Gasteiger partial charge in [-0.2, -0.15) is 6.42 Å². The number of unbranched alkanes of at least 4 members (excludes halogenated alkanes) is 2. The van der Waals surface area contributed by atoms with Crippen LogP contribution in [0.2, 0.25) is 0 Å². The van der Waals surface area contributed by atoms with Crippen LogP contribution in [0.5, 0.6) is 0 Å². The molecule has 0 amide bonds. The number of hydrogen-bond acceptors (Lipinski definition) is 1. The van der Waals surface area contributed by atoms with Crippen LogP contribution in [0.25, 0.3) is 0 Å². The standard InChI is InChI=1S/C5H5N.C5H12.C5H11.5Y/c1-2-4-6-5-3-1;1-5(2,3)4;1-3-5-4-2;;;;;/h1-5H;1-4H3;1,3-5H2,2H3;;;;;/q;;-1;;;;;. The number of rotatable bonds is 2. The molecule has 1 rings (SSSR count). The van der Waals surface area contributed by atoms with Crippen LogP contribution >= 0.6 is 0 Å². The van der Waals surface area contributed by atoms with Crippen LogP contribution in [0.3, 0.4) is 0 Å². The predicted molar refractivity (Wildman–Crippen MR) is 74.2 cm³/mol. The second-order valence-corrected chi connectivity index (χ2v) is 5.23. The molecule has 1 aromatic rings. The molecule has 1 aromatic heterocycles. The fourth-order valence-electron chi connectivity index (χ4n) is 0.563. The average molecular weight is 667 g/mol. The molecular formula is C15H28NY5-. The normalized spacial score (nSPS) is 7.14. The van der Waals surface area contributed by atoms with E-state index in [1.54, 1.807) is 12.4 Å². The van der Waals surface area contributed by atoms with Gasteiger partial charge in [-0.25, -0.2) is 0 Å². The SMILES string of the molecule is CC(C)(C)C.[CH2-]CCCC.[Y].[Y].[Y].[Y].[Y].c1ccncc1. The summed E-state index contributed by atoms with van der Waals surface area (Å²) in [5.41, 5.74) is 0.500. The van der Waals surface area contributed by atoms with E-state index in [2.05, 4.69) is 46.5 Å². The molecule has 1 nitrogen and oxygen atoms in total. The van der Waals surface area contributed by atoms with Gasteiger partial charge in [0, 0.05) is 176 Å². The summed E-state index contributed by atoms with van der Waals surface area (Å²) in [5, 5.41) is 0. The molecule has 0 aromatic carbocycles. The zero-order valence-electron chi connectivity index (χ0n) is 14.5. The van der Waals surface area contributed by atoms with Crippen LogP contribution in [0.1, 0.15) is 53.9 Å². The van der Waals surface area contributed by atoms with Gasteiger partial charge in [0.1, 0.15) is 0 Å². The first kappa shape index (κ1) is 44.8. The Hall–Kier alpha value is 4.67. The molecule has 6 heteroatoms. The van der Waals surface area contributed by atoms with Crippen LogP contribution in [0, 0.1) is 12.3 Å². The van der Waals surface area contributed by atoms with Crippen molar-refractivity contribution in [3.63, 3.8) is 0 Å². The Morgan fingerprint density at radius 1 is 0.810 bits per heavy atom. The summed E-state index contributed by atoms with van der Waals surface area (Å²) in [6, 6.07) is 5.72. The molecule has 0 atom stereocenters. The molecule has 109 valence electrons. The molecule has 0 spiro atoms. The summed E-state index contributed by atoms with van der Waals surface area (Å²) in [4.78, 5) is 3.78. The topological polar surface area (TPSA) is 12.9 Å². The van der Waals surface area contributed by atoms with E-state index >= 15 is 0 Å². The van der Waals surface area contributed by atoms with Gasteiger partial charge in [-0.05, 0) is 17.5 Å². The van der Waals surface area contributed by atoms with Gasteiger partial charge in [0.05, 0.1) is 0 Å². The molecule has 0 aliphatic heterocycles.